The number of sulfonamides is 2. The normalized spacial score (nSPS) is 20.6. The van der Waals surface area contributed by atoms with Crippen molar-refractivity contribution < 1.29 is 62.1 Å². The molecule has 144 heavy (non-hydrogen) atoms. The number of morpholine rings is 4. The second kappa shape index (κ2) is 42.5. The topological polar surface area (TPSA) is 529 Å². The summed E-state index contributed by atoms with van der Waals surface area (Å²) in [6.07, 6.45) is 8.41. The van der Waals surface area contributed by atoms with Crippen molar-refractivity contribution in [3.8, 4) is 45.6 Å². The zero-order valence-electron chi connectivity index (χ0n) is 81.8. The van der Waals surface area contributed by atoms with Crippen molar-refractivity contribution in [1.29, 1.82) is 0 Å². The van der Waals surface area contributed by atoms with Crippen LogP contribution in [0.3, 0.4) is 0 Å². The number of nitrogen functional groups attached to an aromatic ring is 3. The second-order valence-electron chi connectivity index (χ2n) is 37.8. The molecular weight excluding hydrogens is 1920 g/mol. The van der Waals surface area contributed by atoms with Crippen LogP contribution in [0, 0.1) is 11.8 Å². The lowest BCUT2D eigenvalue weighted by Crippen LogP contribution is -2.55. The van der Waals surface area contributed by atoms with Crippen LogP contribution in [0.15, 0.2) is 49.6 Å². The molecular formula is C88H120F6N40O8S2. The Kier molecular flexibility index (Phi) is 29.9. The van der Waals surface area contributed by atoms with E-state index in [1.165, 1.54) is 48.2 Å². The lowest BCUT2D eigenvalue weighted by Gasteiger charge is -2.38. The highest BCUT2D eigenvalue weighted by Gasteiger charge is 2.42. The molecule has 8 saturated heterocycles. The molecule has 0 bridgehead atoms. The third-order valence-corrected chi connectivity index (χ3v) is 28.4. The van der Waals surface area contributed by atoms with Gasteiger partial charge in [0.1, 0.15) is 13.1 Å². The zero-order chi connectivity index (χ0) is 101. The Bertz CT molecular complexity index is 6720. The third-order valence-electron chi connectivity index (χ3n) is 25.7. The van der Waals surface area contributed by atoms with E-state index in [0.29, 0.717) is 207 Å². The number of halogens is 6. The third kappa shape index (κ3) is 23.4. The molecule has 9 aliphatic rings. The van der Waals surface area contributed by atoms with Crippen molar-refractivity contribution in [3.05, 3.63) is 49.6 Å². The molecule has 1 saturated carbocycles. The number of anilines is 12. The van der Waals surface area contributed by atoms with Crippen molar-refractivity contribution in [2.75, 3.05) is 258 Å². The second-order valence-corrected chi connectivity index (χ2v) is 41.7. The molecule has 20 heterocycles. The molecule has 0 amide bonds. The molecule has 0 unspecified atom stereocenters. The van der Waals surface area contributed by atoms with Crippen molar-refractivity contribution >= 4 is 136 Å². The van der Waals surface area contributed by atoms with Gasteiger partial charge in [-0.05, 0) is 59.3 Å². The maximum absolute atomic E-state index is 13.8. The van der Waals surface area contributed by atoms with E-state index in [0.717, 1.165) is 99.5 Å². The van der Waals surface area contributed by atoms with Crippen LogP contribution >= 0.6 is 0 Å². The highest BCUT2D eigenvalue weighted by molar-refractivity contribution is 7.88. The summed E-state index contributed by atoms with van der Waals surface area (Å²) in [5.74, 6) is 7.87. The summed E-state index contributed by atoms with van der Waals surface area (Å²) in [7, 11) is -5.02. The molecule has 12 aromatic rings. The predicted molar refractivity (Wildman–Crippen MR) is 530 cm³/mol. The van der Waals surface area contributed by atoms with Crippen molar-refractivity contribution in [1.82, 2.24) is 137 Å². The average molecular weight is 2040 g/mol. The molecule has 0 spiro atoms. The first-order valence-electron chi connectivity index (χ1n) is 48.1. The number of hydrogen-bond acceptors (Lipinski definition) is 42. The van der Waals surface area contributed by atoms with Crippen molar-refractivity contribution in [2.24, 2.45) is 11.8 Å². The first-order chi connectivity index (χ1) is 68.9. The summed E-state index contributed by atoms with van der Waals surface area (Å²) in [6, 6.07) is 0.786. The van der Waals surface area contributed by atoms with Gasteiger partial charge in [-0.1, -0.05) is 13.8 Å². The lowest BCUT2D eigenvalue weighted by atomic mass is 10.1. The SMILES string of the molecule is CC(C)Cn1c(N2CCN(S(C)(=O)=O)[C@@H](C)C2)nc2c(N3CCOCC3)nc(-c3cnc(N)nc3)nc21.CNc1ncc(-c2nc(N3CCOCC3)c3nc(N4CCN(S(C)(=O)=O)CC4)n(CC(F)(F)F)c3n2)cn1.C[C@@H]1CN(c2nc3c(N4CCOCC4)nc(-c4cnc(N)nc4)nc3n2CC(F)(F)F)C[C@H](C)N1.C[C@@H]1CN(c2nc3c(N4CCOCC4)nc(-c4cnc(N)nc4)nc3n2CC2CC2)C[C@H](C)N1. The van der Waals surface area contributed by atoms with Crippen molar-refractivity contribution in [2.45, 2.75) is 130 Å². The molecule has 0 radical (unpaired) electrons. The summed E-state index contributed by atoms with van der Waals surface area (Å²) >= 11 is 0. The van der Waals surface area contributed by atoms with Gasteiger partial charge >= 0.3 is 12.4 Å². The molecule has 774 valence electrons. The standard InChI is InChI=1S/C23H34N10O3S.C23H32N10O.C21H27F3N10O3S.C21H27F3N10O/c1-15(2)13-32-21-18(27-23(32)31-5-6-33(16(3)14-31)37(4,34)35)20(30-7-9-36-10-8-30)28-19(29-21)17-11-25-22(24)26-12-17;1-14-11-32(12-15(2)27-14)23-28-18-20(31-5-7-34-8-6-31)29-19(17-9-25-22(24)26-10-17)30-21(18)33(23)13-16-3-4-16;1-25-19-26-11-14(12-27-19)16-29-17(31-7-9-37-10-8-31)15-18(30-16)34(13-21(22,23)24)20(28-15)32-3-5-33(6-4-32)38(2,35)36;1-12-9-33(10-13(2)28-12)20-29-15-17(32-3-5-35-6-4-32)30-16(14-7-26-19(25)27-8-14)31-18(15)34(20)11-21(22,23)24/h11-12,15-16H,5-10,13-14H2,1-4H3,(H2,24,25,26);9-10,14-16,27H,3-8,11-13H2,1-2H3,(H2,24,25,26);11-12H,3-10,13H2,1-2H3,(H,25,26,27);7-8,12-13,28H,3-6,9-11H2,1-2H3,(H2,25,26,27)/t16-;14-,15+;;12-,13+/m0.../s1. The Morgan fingerprint density at radius 2 is 0.688 bits per heavy atom. The molecule has 56 heteroatoms. The van der Waals surface area contributed by atoms with Gasteiger partial charge < -0.3 is 91.3 Å². The summed E-state index contributed by atoms with van der Waals surface area (Å²) in [5, 5.41) is 9.85. The number of aromatic nitrogens is 24. The fourth-order valence-electron chi connectivity index (χ4n) is 19.0. The lowest BCUT2D eigenvalue weighted by molar-refractivity contribution is -0.140. The minimum absolute atomic E-state index is 0.0204. The first kappa shape index (κ1) is 101. The van der Waals surface area contributed by atoms with Crippen LogP contribution in [-0.2, 0) is 65.2 Å². The number of piperazine rings is 4. The Morgan fingerprint density at radius 1 is 0.382 bits per heavy atom. The van der Waals surface area contributed by atoms with E-state index in [2.05, 4.69) is 132 Å². The quantitative estimate of drug-likeness (QED) is 0.0543. The fraction of sp³-hybridized carbons (Fsp3) is 0.591. The summed E-state index contributed by atoms with van der Waals surface area (Å²) < 4.78 is 163. The maximum atomic E-state index is 13.8. The number of alkyl halides is 6. The molecule has 0 aromatic carbocycles. The van der Waals surface area contributed by atoms with E-state index in [1.54, 1.807) is 41.0 Å². The molecule has 9 N–H and O–H groups in total. The molecule has 48 nitrogen and oxygen atoms in total. The van der Waals surface area contributed by atoms with E-state index >= 15 is 0 Å². The number of rotatable bonds is 21. The summed E-state index contributed by atoms with van der Waals surface area (Å²) in [4.78, 5) is 107. The number of nitrogens with one attached hydrogen (secondary N) is 3. The number of nitrogens with two attached hydrogens (primary N) is 3. The number of nitrogens with zero attached hydrogens (tertiary/aromatic N) is 34. The van der Waals surface area contributed by atoms with Crippen LogP contribution in [0.25, 0.3) is 90.2 Å². The van der Waals surface area contributed by atoms with Crippen LogP contribution in [0.4, 0.5) is 97.2 Å². The zero-order valence-corrected chi connectivity index (χ0v) is 83.4. The first-order valence-corrected chi connectivity index (χ1v) is 51.8. The Morgan fingerprint density at radius 3 is 0.993 bits per heavy atom. The smallest absolute Gasteiger partial charge is 0.378 e. The van der Waals surface area contributed by atoms with Crippen LogP contribution < -0.4 is 72.4 Å². The van der Waals surface area contributed by atoms with Crippen molar-refractivity contribution in [3.63, 3.8) is 0 Å². The number of ether oxygens (including phenoxy) is 4. The van der Waals surface area contributed by atoms with Gasteiger partial charge in [-0.15, -0.1) is 0 Å². The molecule has 1 aliphatic carbocycles. The van der Waals surface area contributed by atoms with Crippen LogP contribution in [0.5, 0.6) is 0 Å². The monoisotopic (exact) mass is 2040 g/mol. The van der Waals surface area contributed by atoms with Gasteiger partial charge in [0.25, 0.3) is 0 Å². The Labute approximate surface area is 826 Å². The summed E-state index contributed by atoms with van der Waals surface area (Å²) in [5.41, 5.74) is 23.2. The molecule has 8 aliphatic heterocycles. The fourth-order valence-corrected chi connectivity index (χ4v) is 21.0. The average Bonchev–Trinajstić information content (AvgIpc) is 1.61. The Hall–Kier alpha value is -12.7. The number of imidazole rings is 4. The van der Waals surface area contributed by atoms with Gasteiger partial charge in [-0.25, -0.2) is 117 Å². The van der Waals surface area contributed by atoms with Gasteiger partial charge in [0.15, 0.2) is 91.2 Å². The molecule has 21 rings (SSSR count). The van der Waals surface area contributed by atoms with Gasteiger partial charge in [0.2, 0.25) is 67.6 Å². The largest absolute Gasteiger partial charge is 0.406 e. The van der Waals surface area contributed by atoms with Gasteiger partial charge in [0.05, 0.1) is 87.6 Å². The van der Waals surface area contributed by atoms with Crippen LogP contribution in [-0.4, -0.2) is 383 Å². The predicted octanol–water partition coefficient (Wildman–Crippen LogP) is 4.38. The van der Waals surface area contributed by atoms with Crippen LogP contribution in [0.2, 0.25) is 0 Å². The van der Waals surface area contributed by atoms with Gasteiger partial charge in [-0.2, -0.15) is 35.0 Å². The minimum Gasteiger partial charge on any atom is -0.378 e. The van der Waals surface area contributed by atoms with E-state index in [9.17, 15) is 43.2 Å². The van der Waals surface area contributed by atoms with Gasteiger partial charge in [0, 0.05) is 224 Å². The summed E-state index contributed by atoms with van der Waals surface area (Å²) in [6.45, 7) is 28.1. The minimum atomic E-state index is -4.56. The van der Waals surface area contributed by atoms with Crippen LogP contribution in [0.1, 0.15) is 61.3 Å². The Balaban J connectivity index is 0.000000126. The van der Waals surface area contributed by atoms with E-state index < -0.39 is 45.5 Å². The van der Waals surface area contributed by atoms with E-state index in [1.807, 2.05) is 35.5 Å². The molecule has 12 aromatic heterocycles. The molecule has 5 atom stereocenters. The highest BCUT2D eigenvalue weighted by atomic mass is 32.2. The van der Waals surface area contributed by atoms with Gasteiger partial charge in [-0.3, -0.25) is 18.3 Å². The van der Waals surface area contributed by atoms with E-state index in [4.69, 9.17) is 76.0 Å². The maximum Gasteiger partial charge on any atom is 0.406 e. The highest BCUT2D eigenvalue weighted by Crippen LogP contribution is 2.42. The number of fused-ring (bicyclic) bond motifs is 4. The van der Waals surface area contributed by atoms with E-state index in [-0.39, 0.29) is 103 Å². The number of hydrogen-bond donors (Lipinski definition) is 6. The molecule has 9 fully saturated rings.